The molecular weight excluding hydrogens is 216 g/mol. The highest BCUT2D eigenvalue weighted by molar-refractivity contribution is 7.07. The summed E-state index contributed by atoms with van der Waals surface area (Å²) < 4.78 is 0. The molecule has 0 aliphatic heterocycles. The van der Waals surface area contributed by atoms with E-state index in [1.165, 1.54) is 16.8 Å². The third-order valence-electron chi connectivity index (χ3n) is 2.61. The highest BCUT2D eigenvalue weighted by Crippen LogP contribution is 2.17. The van der Waals surface area contributed by atoms with E-state index in [0.717, 1.165) is 6.54 Å². The van der Waals surface area contributed by atoms with Crippen LogP contribution in [0.4, 0.5) is 5.69 Å². The third-order valence-corrected chi connectivity index (χ3v) is 3.34. The Bertz CT molecular complexity index is 420. The van der Waals surface area contributed by atoms with Gasteiger partial charge in [0.1, 0.15) is 0 Å². The Morgan fingerprint density at radius 1 is 1.12 bits per heavy atom. The van der Waals surface area contributed by atoms with Gasteiger partial charge in [-0.2, -0.15) is 11.3 Å². The number of anilines is 1. The van der Waals surface area contributed by atoms with Crippen molar-refractivity contribution in [2.45, 2.75) is 13.1 Å². The second kappa shape index (κ2) is 5.14. The molecule has 2 N–H and O–H groups in total. The van der Waals surface area contributed by atoms with Crippen LogP contribution < -0.4 is 10.6 Å². The van der Waals surface area contributed by atoms with Crippen LogP contribution in [0.5, 0.6) is 0 Å². The fourth-order valence-electron chi connectivity index (χ4n) is 1.63. The predicted molar refractivity (Wildman–Crippen MR) is 70.8 cm³/mol. The van der Waals surface area contributed by atoms with Crippen molar-refractivity contribution in [3.05, 3.63) is 52.2 Å². The maximum atomic E-state index is 5.57. The second-order valence-electron chi connectivity index (χ2n) is 3.86. The molecule has 0 saturated heterocycles. The molecule has 0 radical (unpaired) electrons. The summed E-state index contributed by atoms with van der Waals surface area (Å²) in [6.07, 6.45) is 0. The minimum absolute atomic E-state index is 0.606. The molecule has 0 fully saturated rings. The van der Waals surface area contributed by atoms with Gasteiger partial charge in [-0.05, 0) is 40.1 Å². The first-order valence-corrected chi connectivity index (χ1v) is 6.25. The number of thiophene rings is 1. The summed E-state index contributed by atoms with van der Waals surface area (Å²) in [5.74, 6) is 0. The normalized spacial score (nSPS) is 10.4. The topological polar surface area (TPSA) is 29.3 Å². The van der Waals surface area contributed by atoms with Crippen LogP contribution in [0.2, 0.25) is 0 Å². The molecule has 2 nitrogen and oxygen atoms in total. The van der Waals surface area contributed by atoms with E-state index in [9.17, 15) is 0 Å². The van der Waals surface area contributed by atoms with Gasteiger partial charge in [0.25, 0.3) is 0 Å². The molecule has 0 aliphatic rings. The van der Waals surface area contributed by atoms with Crippen molar-refractivity contribution >= 4 is 17.0 Å². The average Bonchev–Trinajstić information content (AvgIpc) is 2.82. The van der Waals surface area contributed by atoms with Gasteiger partial charge in [0.05, 0.1) is 0 Å². The minimum atomic E-state index is 0.606. The Balaban J connectivity index is 2.05. The molecule has 16 heavy (non-hydrogen) atoms. The van der Waals surface area contributed by atoms with E-state index < -0.39 is 0 Å². The largest absolute Gasteiger partial charge is 0.370 e. The van der Waals surface area contributed by atoms with Gasteiger partial charge >= 0.3 is 0 Å². The van der Waals surface area contributed by atoms with Gasteiger partial charge in [0, 0.05) is 25.8 Å². The molecular formula is C13H16N2S. The highest BCUT2D eigenvalue weighted by Gasteiger charge is 2.02. The van der Waals surface area contributed by atoms with Crippen LogP contribution in [-0.2, 0) is 13.1 Å². The van der Waals surface area contributed by atoms with Crippen molar-refractivity contribution in [1.29, 1.82) is 0 Å². The Hall–Kier alpha value is -1.32. The lowest BCUT2D eigenvalue weighted by Crippen LogP contribution is -2.15. The van der Waals surface area contributed by atoms with Crippen LogP contribution in [-0.4, -0.2) is 7.05 Å². The van der Waals surface area contributed by atoms with Gasteiger partial charge in [-0.1, -0.05) is 12.1 Å². The summed E-state index contributed by atoms with van der Waals surface area (Å²) in [5, 5.41) is 4.30. The molecule has 1 aromatic heterocycles. The summed E-state index contributed by atoms with van der Waals surface area (Å²) in [6.45, 7) is 1.56. The average molecular weight is 232 g/mol. The quantitative estimate of drug-likeness (QED) is 0.878. The lowest BCUT2D eigenvalue weighted by Gasteiger charge is -2.18. The number of nitrogens with two attached hydrogens (primary N) is 1. The van der Waals surface area contributed by atoms with Crippen molar-refractivity contribution in [2.24, 2.45) is 5.73 Å². The first-order chi connectivity index (χ1) is 7.79. The molecule has 0 amide bonds. The number of benzene rings is 1. The van der Waals surface area contributed by atoms with E-state index in [4.69, 9.17) is 5.73 Å². The van der Waals surface area contributed by atoms with Crippen LogP contribution in [0.1, 0.15) is 11.1 Å². The Labute approximate surface area is 100 Å². The summed E-state index contributed by atoms with van der Waals surface area (Å²) in [6, 6.07) is 10.6. The van der Waals surface area contributed by atoms with Crippen LogP contribution in [0.15, 0.2) is 41.1 Å². The Morgan fingerprint density at radius 2 is 1.88 bits per heavy atom. The molecule has 0 unspecified atom stereocenters. The molecule has 84 valence electrons. The SMILES string of the molecule is CN(Cc1ccsc1)c1ccc(CN)cc1. The lowest BCUT2D eigenvalue weighted by molar-refractivity contribution is 0.926. The van der Waals surface area contributed by atoms with E-state index in [2.05, 4.69) is 53.0 Å². The van der Waals surface area contributed by atoms with Gasteiger partial charge in [-0.25, -0.2) is 0 Å². The lowest BCUT2D eigenvalue weighted by atomic mass is 10.2. The predicted octanol–water partition coefficient (Wildman–Crippen LogP) is 2.84. The van der Waals surface area contributed by atoms with Gasteiger partial charge in [-0.15, -0.1) is 0 Å². The second-order valence-corrected chi connectivity index (χ2v) is 4.64. The van der Waals surface area contributed by atoms with Gasteiger partial charge in [0.15, 0.2) is 0 Å². The molecule has 0 aliphatic carbocycles. The fourth-order valence-corrected chi connectivity index (χ4v) is 2.29. The fraction of sp³-hybridized carbons (Fsp3) is 0.231. The first-order valence-electron chi connectivity index (χ1n) is 5.31. The molecule has 0 atom stereocenters. The summed E-state index contributed by atoms with van der Waals surface area (Å²) in [4.78, 5) is 2.24. The maximum absolute atomic E-state index is 5.57. The summed E-state index contributed by atoms with van der Waals surface area (Å²) in [7, 11) is 2.11. The number of nitrogens with zero attached hydrogens (tertiary/aromatic N) is 1. The van der Waals surface area contributed by atoms with Crippen molar-refractivity contribution in [3.63, 3.8) is 0 Å². The molecule has 0 bridgehead atoms. The number of hydrogen-bond donors (Lipinski definition) is 1. The summed E-state index contributed by atoms with van der Waals surface area (Å²) in [5.41, 5.74) is 9.33. The smallest absolute Gasteiger partial charge is 0.0434 e. The molecule has 2 aromatic rings. The third kappa shape index (κ3) is 2.62. The van der Waals surface area contributed by atoms with Crippen LogP contribution in [0, 0.1) is 0 Å². The van der Waals surface area contributed by atoms with E-state index in [1.54, 1.807) is 11.3 Å². The van der Waals surface area contributed by atoms with Gasteiger partial charge in [-0.3, -0.25) is 0 Å². The zero-order chi connectivity index (χ0) is 11.4. The zero-order valence-electron chi connectivity index (χ0n) is 9.39. The molecule has 0 spiro atoms. The highest BCUT2D eigenvalue weighted by atomic mass is 32.1. The molecule has 2 rings (SSSR count). The first kappa shape index (κ1) is 11.2. The molecule has 0 saturated carbocycles. The van der Waals surface area contributed by atoms with E-state index >= 15 is 0 Å². The van der Waals surface area contributed by atoms with Crippen molar-refractivity contribution in [3.8, 4) is 0 Å². The van der Waals surface area contributed by atoms with Gasteiger partial charge < -0.3 is 10.6 Å². The van der Waals surface area contributed by atoms with Crippen molar-refractivity contribution in [1.82, 2.24) is 0 Å². The monoisotopic (exact) mass is 232 g/mol. The van der Waals surface area contributed by atoms with E-state index in [-0.39, 0.29) is 0 Å². The van der Waals surface area contributed by atoms with E-state index in [1.807, 2.05) is 0 Å². The van der Waals surface area contributed by atoms with Crippen LogP contribution >= 0.6 is 11.3 Å². The Morgan fingerprint density at radius 3 is 2.44 bits per heavy atom. The van der Waals surface area contributed by atoms with Crippen molar-refractivity contribution in [2.75, 3.05) is 11.9 Å². The Kier molecular flexibility index (Phi) is 3.59. The van der Waals surface area contributed by atoms with Crippen molar-refractivity contribution < 1.29 is 0 Å². The number of hydrogen-bond acceptors (Lipinski definition) is 3. The zero-order valence-corrected chi connectivity index (χ0v) is 10.2. The molecule has 3 heteroatoms. The van der Waals surface area contributed by atoms with Crippen LogP contribution in [0.25, 0.3) is 0 Å². The molecule has 1 heterocycles. The van der Waals surface area contributed by atoms with Crippen LogP contribution in [0.3, 0.4) is 0 Å². The van der Waals surface area contributed by atoms with Gasteiger partial charge in [0.2, 0.25) is 0 Å². The maximum Gasteiger partial charge on any atom is 0.0434 e. The van der Waals surface area contributed by atoms with E-state index in [0.29, 0.717) is 6.54 Å². The summed E-state index contributed by atoms with van der Waals surface area (Å²) >= 11 is 1.74. The number of rotatable bonds is 4. The standard InChI is InChI=1S/C13H16N2S/c1-15(9-12-6-7-16-10-12)13-4-2-11(8-14)3-5-13/h2-7,10H,8-9,14H2,1H3. The minimum Gasteiger partial charge on any atom is -0.370 e. The molecule has 1 aromatic carbocycles.